The molecule has 7 heteroatoms. The number of hydrogen-bond donors (Lipinski definition) is 1. The topological polar surface area (TPSA) is 79.6 Å². The molecule has 0 aliphatic carbocycles. The van der Waals surface area contributed by atoms with Gasteiger partial charge < -0.3 is 9.32 Å². The van der Waals surface area contributed by atoms with Crippen molar-refractivity contribution >= 4 is 27.3 Å². The third-order valence-electron chi connectivity index (χ3n) is 4.66. The maximum absolute atomic E-state index is 12.5. The van der Waals surface area contributed by atoms with Gasteiger partial charge in [-0.2, -0.15) is 0 Å². The molecule has 0 radical (unpaired) electrons. The molecule has 1 amide bonds. The molecule has 1 aromatic heterocycles. The standard InChI is InChI=1S/C21H20N2O4S/c1-15-4-2-5-16(12-15)14-28(25,26)22-18-7-8-19-17(13-18)9-10-23(19)21(24)20-6-3-11-27-20/h2-8,11-13,22H,9-10,14H2,1H3. The van der Waals surface area contributed by atoms with Crippen molar-refractivity contribution in [3.8, 4) is 0 Å². The third kappa shape index (κ3) is 3.80. The average Bonchev–Trinajstić information content (AvgIpc) is 3.30. The number of anilines is 2. The number of amides is 1. The van der Waals surface area contributed by atoms with E-state index in [1.54, 1.807) is 41.3 Å². The molecule has 0 spiro atoms. The lowest BCUT2D eigenvalue weighted by Crippen LogP contribution is -2.28. The van der Waals surface area contributed by atoms with E-state index in [2.05, 4.69) is 4.72 Å². The number of furan rings is 1. The van der Waals surface area contributed by atoms with Gasteiger partial charge in [0.1, 0.15) is 0 Å². The van der Waals surface area contributed by atoms with E-state index in [1.165, 1.54) is 6.26 Å². The zero-order chi connectivity index (χ0) is 19.7. The van der Waals surface area contributed by atoms with Crippen molar-refractivity contribution in [2.45, 2.75) is 19.1 Å². The highest BCUT2D eigenvalue weighted by atomic mass is 32.2. The second-order valence-electron chi connectivity index (χ2n) is 6.88. The van der Waals surface area contributed by atoms with E-state index in [0.717, 1.165) is 22.4 Å². The van der Waals surface area contributed by atoms with Gasteiger partial charge in [0.15, 0.2) is 5.76 Å². The molecule has 0 fully saturated rings. The first-order chi connectivity index (χ1) is 13.4. The molecule has 2 aromatic carbocycles. The molecule has 144 valence electrons. The molecule has 3 aromatic rings. The summed E-state index contributed by atoms with van der Waals surface area (Å²) in [6.45, 7) is 2.47. The molecule has 0 bridgehead atoms. The number of nitrogens with zero attached hydrogens (tertiary/aromatic N) is 1. The van der Waals surface area contributed by atoms with Gasteiger partial charge in [-0.1, -0.05) is 29.8 Å². The Morgan fingerprint density at radius 3 is 2.75 bits per heavy atom. The van der Waals surface area contributed by atoms with Crippen LogP contribution in [-0.4, -0.2) is 20.9 Å². The normalized spacial score (nSPS) is 13.4. The number of carbonyl (C=O) groups excluding carboxylic acids is 1. The minimum atomic E-state index is -3.53. The highest BCUT2D eigenvalue weighted by molar-refractivity contribution is 7.91. The molecule has 0 saturated carbocycles. The van der Waals surface area contributed by atoms with Gasteiger partial charge in [-0.15, -0.1) is 0 Å². The van der Waals surface area contributed by atoms with Crippen LogP contribution in [0, 0.1) is 6.92 Å². The Hall–Kier alpha value is -3.06. The zero-order valence-corrected chi connectivity index (χ0v) is 16.2. The summed E-state index contributed by atoms with van der Waals surface area (Å²) in [6, 6.07) is 16.0. The van der Waals surface area contributed by atoms with Crippen LogP contribution in [0.4, 0.5) is 11.4 Å². The average molecular weight is 396 g/mol. The molecule has 2 heterocycles. The van der Waals surface area contributed by atoms with Gasteiger partial charge in [0, 0.05) is 17.9 Å². The quantitative estimate of drug-likeness (QED) is 0.713. The SMILES string of the molecule is Cc1cccc(CS(=O)(=O)Nc2ccc3c(c2)CCN3C(=O)c2ccco2)c1. The Balaban J connectivity index is 1.51. The lowest BCUT2D eigenvalue weighted by atomic mass is 10.1. The number of nitrogens with one attached hydrogen (secondary N) is 1. The zero-order valence-electron chi connectivity index (χ0n) is 15.4. The van der Waals surface area contributed by atoms with E-state index in [4.69, 9.17) is 4.42 Å². The van der Waals surface area contributed by atoms with E-state index in [-0.39, 0.29) is 17.4 Å². The number of rotatable bonds is 5. The van der Waals surface area contributed by atoms with Gasteiger partial charge in [0.2, 0.25) is 10.0 Å². The van der Waals surface area contributed by atoms with E-state index >= 15 is 0 Å². The molecule has 28 heavy (non-hydrogen) atoms. The molecule has 1 aliphatic heterocycles. The predicted octanol–water partition coefficient (Wildman–Crippen LogP) is 3.73. The van der Waals surface area contributed by atoms with Gasteiger partial charge in [-0.3, -0.25) is 9.52 Å². The van der Waals surface area contributed by atoms with E-state index in [9.17, 15) is 13.2 Å². The minimum absolute atomic E-state index is 0.0884. The van der Waals surface area contributed by atoms with Crippen LogP contribution in [-0.2, 0) is 22.2 Å². The van der Waals surface area contributed by atoms with E-state index in [0.29, 0.717) is 18.7 Å². The fraction of sp³-hybridized carbons (Fsp3) is 0.190. The van der Waals surface area contributed by atoms with Crippen molar-refractivity contribution in [2.24, 2.45) is 0 Å². The van der Waals surface area contributed by atoms with Gasteiger partial charge in [-0.05, 0) is 54.8 Å². The third-order valence-corrected chi connectivity index (χ3v) is 5.92. The number of benzene rings is 2. The van der Waals surface area contributed by atoms with Crippen LogP contribution >= 0.6 is 0 Å². The van der Waals surface area contributed by atoms with Crippen molar-refractivity contribution in [1.29, 1.82) is 0 Å². The molecule has 0 atom stereocenters. The second kappa shape index (κ2) is 7.16. The van der Waals surface area contributed by atoms with Crippen LogP contribution in [0.2, 0.25) is 0 Å². The largest absolute Gasteiger partial charge is 0.459 e. The highest BCUT2D eigenvalue weighted by Crippen LogP contribution is 2.32. The molecular formula is C21H20N2O4S. The van der Waals surface area contributed by atoms with Crippen molar-refractivity contribution in [3.63, 3.8) is 0 Å². The summed E-state index contributed by atoms with van der Waals surface area (Å²) < 4.78 is 32.9. The lowest BCUT2D eigenvalue weighted by Gasteiger charge is -2.16. The summed E-state index contributed by atoms with van der Waals surface area (Å²) in [5.41, 5.74) is 3.97. The number of aryl methyl sites for hydroxylation is 1. The first-order valence-electron chi connectivity index (χ1n) is 8.96. The van der Waals surface area contributed by atoms with Crippen molar-refractivity contribution in [1.82, 2.24) is 0 Å². The molecule has 1 aliphatic rings. The Bertz CT molecular complexity index is 1120. The summed E-state index contributed by atoms with van der Waals surface area (Å²) in [7, 11) is -3.53. The van der Waals surface area contributed by atoms with Crippen LogP contribution in [0.5, 0.6) is 0 Å². The van der Waals surface area contributed by atoms with Crippen molar-refractivity contribution in [3.05, 3.63) is 83.3 Å². The first kappa shape index (κ1) is 18.3. The van der Waals surface area contributed by atoms with Crippen LogP contribution in [0.3, 0.4) is 0 Å². The summed E-state index contributed by atoms with van der Waals surface area (Å²) in [5, 5.41) is 0. The maximum Gasteiger partial charge on any atom is 0.293 e. The molecule has 1 N–H and O–H groups in total. The fourth-order valence-corrected chi connectivity index (χ4v) is 4.62. The fourth-order valence-electron chi connectivity index (χ4n) is 3.45. The predicted molar refractivity (Wildman–Crippen MR) is 108 cm³/mol. The Morgan fingerprint density at radius 1 is 1.14 bits per heavy atom. The number of fused-ring (bicyclic) bond motifs is 1. The number of hydrogen-bond acceptors (Lipinski definition) is 4. The van der Waals surface area contributed by atoms with Crippen LogP contribution in [0.1, 0.15) is 27.2 Å². The smallest absolute Gasteiger partial charge is 0.293 e. The van der Waals surface area contributed by atoms with E-state index < -0.39 is 10.0 Å². The van der Waals surface area contributed by atoms with Gasteiger partial charge in [-0.25, -0.2) is 8.42 Å². The Kier molecular flexibility index (Phi) is 4.68. The Labute approximate surface area is 163 Å². The van der Waals surface area contributed by atoms with Crippen LogP contribution in [0.15, 0.2) is 65.3 Å². The highest BCUT2D eigenvalue weighted by Gasteiger charge is 2.27. The van der Waals surface area contributed by atoms with Gasteiger partial charge >= 0.3 is 0 Å². The van der Waals surface area contributed by atoms with Crippen molar-refractivity contribution in [2.75, 3.05) is 16.2 Å². The van der Waals surface area contributed by atoms with Gasteiger partial charge in [0.05, 0.1) is 12.0 Å². The Morgan fingerprint density at radius 2 is 2.00 bits per heavy atom. The van der Waals surface area contributed by atoms with Crippen LogP contribution < -0.4 is 9.62 Å². The maximum atomic E-state index is 12.5. The summed E-state index contributed by atoms with van der Waals surface area (Å²) in [4.78, 5) is 14.2. The molecule has 6 nitrogen and oxygen atoms in total. The van der Waals surface area contributed by atoms with Crippen LogP contribution in [0.25, 0.3) is 0 Å². The minimum Gasteiger partial charge on any atom is -0.459 e. The van der Waals surface area contributed by atoms with E-state index in [1.807, 2.05) is 25.1 Å². The van der Waals surface area contributed by atoms with Gasteiger partial charge in [0.25, 0.3) is 5.91 Å². The molecule has 0 unspecified atom stereocenters. The molecular weight excluding hydrogens is 376 g/mol. The summed E-state index contributed by atoms with van der Waals surface area (Å²) in [6.07, 6.45) is 2.13. The molecule has 4 rings (SSSR count). The second-order valence-corrected chi connectivity index (χ2v) is 8.60. The van der Waals surface area contributed by atoms with Crippen molar-refractivity contribution < 1.29 is 17.6 Å². The number of sulfonamides is 1. The lowest BCUT2D eigenvalue weighted by molar-refractivity contribution is 0.0963. The molecule has 0 saturated heterocycles. The first-order valence-corrected chi connectivity index (χ1v) is 10.6. The number of carbonyl (C=O) groups is 1. The summed E-state index contributed by atoms with van der Waals surface area (Å²) >= 11 is 0. The monoisotopic (exact) mass is 396 g/mol. The summed E-state index contributed by atoms with van der Waals surface area (Å²) in [5.74, 6) is 0.00168.